The third-order valence-electron chi connectivity index (χ3n) is 1.95. The Morgan fingerprint density at radius 3 is 2.69 bits per heavy atom. The fraction of sp³-hybridized carbons (Fsp3) is 0.200. The van der Waals surface area contributed by atoms with Gasteiger partial charge in [0.15, 0.2) is 0 Å². The number of halogens is 2. The Kier molecular flexibility index (Phi) is 4.20. The number of thiocarbonyl (C=S) groups is 1. The molecule has 1 unspecified atom stereocenters. The van der Waals surface area contributed by atoms with Crippen LogP contribution in [0.25, 0.3) is 0 Å². The van der Waals surface area contributed by atoms with Crippen LogP contribution in [0.5, 0.6) is 0 Å². The summed E-state index contributed by atoms with van der Waals surface area (Å²) in [6.45, 7) is 1.57. The van der Waals surface area contributed by atoms with E-state index < -0.39 is 17.6 Å². The Hall–Kier alpha value is -1.20. The molecule has 0 radical (unpaired) electrons. The van der Waals surface area contributed by atoms with Crippen LogP contribution in [-0.4, -0.2) is 10.9 Å². The van der Waals surface area contributed by atoms with E-state index in [9.17, 15) is 9.18 Å². The van der Waals surface area contributed by atoms with Crippen molar-refractivity contribution in [3.8, 4) is 0 Å². The molecule has 0 aliphatic carbocycles. The molecule has 1 amide bonds. The predicted molar refractivity (Wildman–Crippen MR) is 66.0 cm³/mol. The quantitative estimate of drug-likeness (QED) is 0.821. The fourth-order valence-corrected chi connectivity index (χ4v) is 1.33. The molecule has 1 rings (SSSR count). The van der Waals surface area contributed by atoms with Gasteiger partial charge >= 0.3 is 0 Å². The van der Waals surface area contributed by atoms with Crippen LogP contribution in [0.15, 0.2) is 18.2 Å². The lowest BCUT2D eigenvalue weighted by Crippen LogP contribution is -2.30. The van der Waals surface area contributed by atoms with E-state index in [2.05, 4.69) is 17.5 Å². The van der Waals surface area contributed by atoms with Crippen molar-refractivity contribution in [2.24, 2.45) is 11.7 Å². The zero-order chi connectivity index (χ0) is 12.3. The molecule has 0 aromatic heterocycles. The van der Waals surface area contributed by atoms with Crippen molar-refractivity contribution in [1.82, 2.24) is 0 Å². The smallest absolute Gasteiger partial charge is 0.234 e. The van der Waals surface area contributed by atoms with Crippen LogP contribution in [0.1, 0.15) is 6.92 Å². The molecule has 0 spiro atoms. The molecule has 3 N–H and O–H groups in total. The highest BCUT2D eigenvalue weighted by Gasteiger charge is 2.15. The molecule has 0 aliphatic rings. The second kappa shape index (κ2) is 5.23. The number of benzene rings is 1. The molecular weight excluding hydrogens is 251 g/mol. The minimum absolute atomic E-state index is 0.0833. The first-order valence-electron chi connectivity index (χ1n) is 4.46. The molecular formula is C10H10ClFN2OS. The van der Waals surface area contributed by atoms with Gasteiger partial charge in [-0.3, -0.25) is 4.79 Å². The summed E-state index contributed by atoms with van der Waals surface area (Å²) < 4.78 is 13.0. The predicted octanol–water partition coefficient (Wildman–Crippen LogP) is 2.34. The lowest BCUT2D eigenvalue weighted by atomic mass is 10.1. The number of hydrogen-bond donors (Lipinski definition) is 2. The van der Waals surface area contributed by atoms with E-state index in [0.29, 0.717) is 0 Å². The zero-order valence-corrected chi connectivity index (χ0v) is 10.0. The van der Waals surface area contributed by atoms with Crippen LogP contribution >= 0.6 is 23.8 Å². The second-order valence-electron chi connectivity index (χ2n) is 3.27. The summed E-state index contributed by atoms with van der Waals surface area (Å²) in [7, 11) is 0. The number of amides is 1. The van der Waals surface area contributed by atoms with Crippen molar-refractivity contribution >= 4 is 40.4 Å². The van der Waals surface area contributed by atoms with Crippen molar-refractivity contribution in [1.29, 1.82) is 0 Å². The van der Waals surface area contributed by atoms with Gasteiger partial charge in [-0.15, -0.1) is 0 Å². The van der Waals surface area contributed by atoms with Crippen LogP contribution in [0, 0.1) is 11.7 Å². The van der Waals surface area contributed by atoms with Crippen molar-refractivity contribution < 1.29 is 9.18 Å². The maximum atomic E-state index is 13.0. The van der Waals surface area contributed by atoms with E-state index in [-0.39, 0.29) is 15.7 Å². The van der Waals surface area contributed by atoms with Gasteiger partial charge in [-0.1, -0.05) is 23.8 Å². The molecule has 16 heavy (non-hydrogen) atoms. The molecule has 0 aliphatic heterocycles. The molecule has 3 nitrogen and oxygen atoms in total. The molecule has 6 heteroatoms. The van der Waals surface area contributed by atoms with Gasteiger partial charge in [-0.25, -0.2) is 4.39 Å². The number of carbonyl (C=O) groups excluding carboxylic acids is 1. The Bertz CT molecular complexity index is 419. The minimum Gasteiger partial charge on any atom is -0.393 e. The second-order valence-corrected chi connectivity index (χ2v) is 4.18. The maximum absolute atomic E-state index is 13.0. The molecule has 1 aromatic rings. The first-order chi connectivity index (χ1) is 7.40. The van der Waals surface area contributed by atoms with Crippen LogP contribution in [-0.2, 0) is 4.79 Å². The summed E-state index contributed by atoms with van der Waals surface area (Å²) in [6.07, 6.45) is 0. The Balaban J connectivity index is 2.81. The number of anilines is 1. The lowest BCUT2D eigenvalue weighted by Gasteiger charge is -2.10. The fourth-order valence-electron chi connectivity index (χ4n) is 1.01. The van der Waals surface area contributed by atoms with Gasteiger partial charge in [0.1, 0.15) is 5.82 Å². The molecule has 0 saturated heterocycles. The molecule has 0 saturated carbocycles. The van der Waals surface area contributed by atoms with Gasteiger partial charge in [-0.05, 0) is 25.1 Å². The third-order valence-corrected chi connectivity index (χ3v) is 2.52. The van der Waals surface area contributed by atoms with Crippen LogP contribution in [0.2, 0.25) is 5.02 Å². The number of hydrogen-bond acceptors (Lipinski definition) is 2. The van der Waals surface area contributed by atoms with Gasteiger partial charge in [0, 0.05) is 10.7 Å². The molecule has 86 valence electrons. The Morgan fingerprint density at radius 1 is 1.56 bits per heavy atom. The minimum atomic E-state index is -0.614. The largest absolute Gasteiger partial charge is 0.393 e. The standard InChI is InChI=1S/C10H10ClFN2OS/c1-5(9(13)16)10(15)14-8-3-6(11)2-7(12)4-8/h2-5H,1H3,(H2,13,16)(H,14,15). The Morgan fingerprint density at radius 2 is 2.19 bits per heavy atom. The van der Waals surface area contributed by atoms with E-state index in [1.807, 2.05) is 0 Å². The zero-order valence-electron chi connectivity index (χ0n) is 8.46. The number of nitrogens with two attached hydrogens (primary N) is 1. The molecule has 0 fully saturated rings. The van der Waals surface area contributed by atoms with Crippen molar-refractivity contribution in [3.05, 3.63) is 29.0 Å². The molecule has 0 heterocycles. The summed E-state index contributed by atoms with van der Waals surface area (Å²) in [4.78, 5) is 11.6. The van der Waals surface area contributed by atoms with Crippen LogP contribution in [0.3, 0.4) is 0 Å². The summed E-state index contributed by atoms with van der Waals surface area (Å²) in [5, 5.41) is 2.68. The summed E-state index contributed by atoms with van der Waals surface area (Å²) in [5.41, 5.74) is 5.60. The monoisotopic (exact) mass is 260 g/mol. The summed E-state index contributed by atoms with van der Waals surface area (Å²) >= 11 is 10.3. The first kappa shape index (κ1) is 12.9. The average Bonchev–Trinajstić information content (AvgIpc) is 2.14. The average molecular weight is 261 g/mol. The van der Waals surface area contributed by atoms with Crippen molar-refractivity contribution in [2.75, 3.05) is 5.32 Å². The van der Waals surface area contributed by atoms with E-state index in [1.165, 1.54) is 6.07 Å². The number of rotatable bonds is 3. The summed E-state index contributed by atoms with van der Waals surface area (Å²) in [6, 6.07) is 3.75. The SMILES string of the molecule is CC(C(=O)Nc1cc(F)cc(Cl)c1)C(N)=S. The van der Waals surface area contributed by atoms with E-state index >= 15 is 0 Å². The van der Waals surface area contributed by atoms with Gasteiger partial charge in [-0.2, -0.15) is 0 Å². The Labute approximate surface area is 103 Å². The highest BCUT2D eigenvalue weighted by molar-refractivity contribution is 7.80. The van der Waals surface area contributed by atoms with Gasteiger partial charge in [0.25, 0.3) is 0 Å². The highest BCUT2D eigenvalue weighted by atomic mass is 35.5. The van der Waals surface area contributed by atoms with Gasteiger partial charge in [0.05, 0.1) is 10.9 Å². The highest BCUT2D eigenvalue weighted by Crippen LogP contribution is 2.18. The first-order valence-corrected chi connectivity index (χ1v) is 5.25. The molecule has 0 bridgehead atoms. The lowest BCUT2D eigenvalue weighted by molar-refractivity contribution is -0.117. The van der Waals surface area contributed by atoms with E-state index in [1.54, 1.807) is 6.92 Å². The van der Waals surface area contributed by atoms with Crippen molar-refractivity contribution in [2.45, 2.75) is 6.92 Å². The van der Waals surface area contributed by atoms with Crippen molar-refractivity contribution in [3.63, 3.8) is 0 Å². The summed E-state index contributed by atoms with van der Waals surface area (Å²) in [5.74, 6) is -1.53. The van der Waals surface area contributed by atoms with E-state index in [4.69, 9.17) is 17.3 Å². The number of carbonyl (C=O) groups is 1. The maximum Gasteiger partial charge on any atom is 0.234 e. The van der Waals surface area contributed by atoms with Crippen LogP contribution < -0.4 is 11.1 Å². The topological polar surface area (TPSA) is 55.1 Å². The number of nitrogens with one attached hydrogen (secondary N) is 1. The van der Waals surface area contributed by atoms with E-state index in [0.717, 1.165) is 12.1 Å². The third kappa shape index (κ3) is 3.43. The van der Waals surface area contributed by atoms with Crippen LogP contribution in [0.4, 0.5) is 10.1 Å². The van der Waals surface area contributed by atoms with Gasteiger partial charge in [0.2, 0.25) is 5.91 Å². The molecule has 1 aromatic carbocycles. The van der Waals surface area contributed by atoms with Gasteiger partial charge < -0.3 is 11.1 Å². The normalized spacial score (nSPS) is 11.9. The molecule has 1 atom stereocenters.